The molecule has 0 atom stereocenters. The zero-order chi connectivity index (χ0) is 25.6. The van der Waals surface area contributed by atoms with Crippen molar-refractivity contribution in [2.75, 3.05) is 26.2 Å². The third-order valence-corrected chi connectivity index (χ3v) is 6.00. The van der Waals surface area contributed by atoms with E-state index in [9.17, 15) is 22.8 Å². The van der Waals surface area contributed by atoms with Crippen LogP contribution < -0.4 is 0 Å². The summed E-state index contributed by atoms with van der Waals surface area (Å²) in [5, 5.41) is 4.18. The van der Waals surface area contributed by atoms with Gasteiger partial charge in [-0.15, -0.1) is 5.10 Å². The molecule has 8 nitrogen and oxygen atoms in total. The molecule has 0 N–H and O–H groups in total. The molecule has 1 spiro atoms. The number of benzene rings is 1. The molecular formula is C24H28F3N5O3. The Labute approximate surface area is 201 Å². The maximum absolute atomic E-state index is 13.1. The summed E-state index contributed by atoms with van der Waals surface area (Å²) in [7, 11) is 0. The Morgan fingerprint density at radius 2 is 1.77 bits per heavy atom. The smallest absolute Gasteiger partial charge is 0.416 e. The fourth-order valence-electron chi connectivity index (χ4n) is 4.40. The summed E-state index contributed by atoms with van der Waals surface area (Å²) in [5.74, 6) is -0.0716. The predicted molar refractivity (Wildman–Crippen MR) is 122 cm³/mol. The molecule has 0 aliphatic carbocycles. The average Bonchev–Trinajstić information content (AvgIpc) is 3.36. The van der Waals surface area contributed by atoms with E-state index in [1.807, 2.05) is 20.8 Å². The Morgan fingerprint density at radius 1 is 1.09 bits per heavy atom. The number of hydrogen-bond acceptors (Lipinski definition) is 5. The number of carbonyl (C=O) groups is 2. The first-order chi connectivity index (χ1) is 16.2. The number of rotatable bonds is 3. The number of nitrogens with zero attached hydrogens (tertiary/aromatic N) is 5. The molecule has 0 saturated carbocycles. The lowest BCUT2D eigenvalue weighted by Gasteiger charge is -2.47. The van der Waals surface area contributed by atoms with E-state index >= 15 is 0 Å². The van der Waals surface area contributed by atoms with Crippen LogP contribution in [-0.4, -0.2) is 68.3 Å². The van der Waals surface area contributed by atoms with E-state index in [1.54, 1.807) is 22.8 Å². The van der Waals surface area contributed by atoms with Gasteiger partial charge < -0.3 is 14.5 Å². The van der Waals surface area contributed by atoms with Crippen LogP contribution in [0.15, 0.2) is 30.6 Å². The van der Waals surface area contributed by atoms with Crippen molar-refractivity contribution >= 4 is 18.2 Å². The summed E-state index contributed by atoms with van der Waals surface area (Å²) in [6.07, 6.45) is 0.120. The maximum atomic E-state index is 13.1. The zero-order valence-electron chi connectivity index (χ0n) is 20.1. The fraction of sp³-hybridized carbons (Fsp3) is 0.500. The molecule has 2 amide bonds. The minimum Gasteiger partial charge on any atom is -0.444 e. The number of alkyl halides is 3. The van der Waals surface area contributed by atoms with Gasteiger partial charge in [0.2, 0.25) is 5.91 Å². The maximum Gasteiger partial charge on any atom is 0.416 e. The minimum absolute atomic E-state index is 0.109. The van der Waals surface area contributed by atoms with Gasteiger partial charge in [-0.1, -0.05) is 0 Å². The third kappa shape index (κ3) is 5.66. The molecule has 2 aliphatic rings. The summed E-state index contributed by atoms with van der Waals surface area (Å²) in [4.78, 5) is 32.3. The number of hydrogen-bond donors (Lipinski definition) is 0. The van der Waals surface area contributed by atoms with Gasteiger partial charge in [-0.3, -0.25) is 4.79 Å². The molecule has 4 rings (SSSR count). The lowest BCUT2D eigenvalue weighted by atomic mass is 9.79. The van der Waals surface area contributed by atoms with Gasteiger partial charge in [0.1, 0.15) is 11.9 Å². The second-order valence-electron chi connectivity index (χ2n) is 10.3. The van der Waals surface area contributed by atoms with Crippen LogP contribution in [0.1, 0.15) is 38.3 Å². The first-order valence-corrected chi connectivity index (χ1v) is 11.3. The molecule has 1 aromatic carbocycles. The normalized spacial score (nSPS) is 17.8. The summed E-state index contributed by atoms with van der Waals surface area (Å²) in [6.45, 7) is 9.27. The second kappa shape index (κ2) is 8.69. The van der Waals surface area contributed by atoms with Crippen LogP contribution in [0.5, 0.6) is 0 Å². The molecule has 3 heterocycles. The van der Waals surface area contributed by atoms with Crippen LogP contribution >= 0.6 is 0 Å². The van der Waals surface area contributed by atoms with Crippen molar-refractivity contribution in [2.45, 2.75) is 45.9 Å². The van der Waals surface area contributed by atoms with Gasteiger partial charge >= 0.3 is 12.3 Å². The highest BCUT2D eigenvalue weighted by Crippen LogP contribution is 2.40. The van der Waals surface area contributed by atoms with Crippen molar-refractivity contribution in [1.29, 1.82) is 0 Å². The van der Waals surface area contributed by atoms with E-state index in [1.165, 1.54) is 23.3 Å². The van der Waals surface area contributed by atoms with Crippen LogP contribution in [0.2, 0.25) is 0 Å². The standard InChI is InChI=1S/C24H28F3N5O3/c1-16-9-17(11-18(10-16)24(25,26)27)20-28-15-32(29-20)7-5-19(33)30-8-6-23(12-30)13-31(14-23)21(34)35-22(2,3)4/h5,7,9-11,15H,6,8,12-14H2,1-4H3/b7-5-. The Kier molecular flexibility index (Phi) is 6.14. The highest BCUT2D eigenvalue weighted by atomic mass is 19.4. The first-order valence-electron chi connectivity index (χ1n) is 11.3. The highest BCUT2D eigenvalue weighted by Gasteiger charge is 2.50. The van der Waals surface area contributed by atoms with Gasteiger partial charge in [0.15, 0.2) is 5.82 Å². The van der Waals surface area contributed by atoms with Crippen molar-refractivity contribution < 1.29 is 27.5 Å². The molecule has 0 radical (unpaired) electrons. The summed E-state index contributed by atoms with van der Waals surface area (Å²) in [6, 6.07) is 3.65. The highest BCUT2D eigenvalue weighted by molar-refractivity contribution is 5.90. The van der Waals surface area contributed by atoms with Crippen LogP contribution in [0.3, 0.4) is 0 Å². The zero-order valence-corrected chi connectivity index (χ0v) is 20.1. The average molecular weight is 492 g/mol. The fourth-order valence-corrected chi connectivity index (χ4v) is 4.40. The van der Waals surface area contributed by atoms with E-state index in [0.717, 1.165) is 18.6 Å². The van der Waals surface area contributed by atoms with E-state index in [4.69, 9.17) is 4.74 Å². The molecule has 2 aliphatic heterocycles. The predicted octanol–water partition coefficient (Wildman–Crippen LogP) is 4.21. The van der Waals surface area contributed by atoms with Gasteiger partial charge in [0.25, 0.3) is 0 Å². The Balaban J connectivity index is 1.35. The SMILES string of the molecule is Cc1cc(-c2ncn(/C=C\C(=O)N3CCC4(C3)CN(C(=O)OC(C)(C)C)C4)n2)cc(C(F)(F)F)c1. The van der Waals surface area contributed by atoms with Crippen molar-refractivity contribution in [3.8, 4) is 11.4 Å². The number of ether oxygens (including phenoxy) is 1. The Bertz CT molecular complexity index is 1160. The molecule has 1 aromatic heterocycles. The largest absolute Gasteiger partial charge is 0.444 e. The van der Waals surface area contributed by atoms with Crippen molar-refractivity contribution in [2.24, 2.45) is 5.41 Å². The van der Waals surface area contributed by atoms with Gasteiger partial charge in [-0.25, -0.2) is 14.5 Å². The topological polar surface area (TPSA) is 80.6 Å². The number of aromatic nitrogens is 3. The summed E-state index contributed by atoms with van der Waals surface area (Å²) >= 11 is 0. The van der Waals surface area contributed by atoms with E-state index < -0.39 is 17.3 Å². The monoisotopic (exact) mass is 491 g/mol. The number of likely N-dealkylation sites (tertiary alicyclic amines) is 2. The lowest BCUT2D eigenvalue weighted by molar-refractivity contribution is -0.137. The molecule has 2 aromatic rings. The van der Waals surface area contributed by atoms with Gasteiger partial charge in [0.05, 0.1) is 5.56 Å². The van der Waals surface area contributed by atoms with Crippen LogP contribution in [0.4, 0.5) is 18.0 Å². The van der Waals surface area contributed by atoms with Crippen molar-refractivity contribution in [3.63, 3.8) is 0 Å². The summed E-state index contributed by atoms with van der Waals surface area (Å²) in [5.41, 5.74) is -0.734. The Hall–Kier alpha value is -3.37. The van der Waals surface area contributed by atoms with Crippen molar-refractivity contribution in [1.82, 2.24) is 24.6 Å². The van der Waals surface area contributed by atoms with E-state index in [2.05, 4.69) is 10.1 Å². The number of aryl methyl sites for hydroxylation is 1. The van der Waals surface area contributed by atoms with E-state index in [-0.39, 0.29) is 28.8 Å². The van der Waals surface area contributed by atoms with Crippen LogP contribution in [0, 0.1) is 12.3 Å². The quantitative estimate of drug-likeness (QED) is 0.601. The third-order valence-electron chi connectivity index (χ3n) is 6.00. The molecule has 2 fully saturated rings. The molecule has 0 unspecified atom stereocenters. The molecule has 11 heteroatoms. The van der Waals surface area contributed by atoms with Crippen LogP contribution in [0.25, 0.3) is 17.6 Å². The molecular weight excluding hydrogens is 463 g/mol. The summed E-state index contributed by atoms with van der Waals surface area (Å²) < 4.78 is 46.0. The van der Waals surface area contributed by atoms with Gasteiger partial charge in [0, 0.05) is 49.4 Å². The van der Waals surface area contributed by atoms with Gasteiger partial charge in [-0.05, 0) is 57.9 Å². The van der Waals surface area contributed by atoms with Crippen molar-refractivity contribution in [3.05, 3.63) is 41.7 Å². The number of carbonyl (C=O) groups excluding carboxylic acids is 2. The first kappa shape index (κ1) is 24.7. The number of amides is 2. The second-order valence-corrected chi connectivity index (χ2v) is 10.3. The molecule has 0 bridgehead atoms. The molecule has 188 valence electrons. The lowest BCUT2D eigenvalue weighted by Crippen LogP contribution is -2.60. The molecule has 2 saturated heterocycles. The Morgan fingerprint density at radius 3 is 2.43 bits per heavy atom. The van der Waals surface area contributed by atoms with E-state index in [0.29, 0.717) is 31.7 Å². The molecule has 35 heavy (non-hydrogen) atoms. The number of halogens is 3. The van der Waals surface area contributed by atoms with Gasteiger partial charge in [-0.2, -0.15) is 13.2 Å². The minimum atomic E-state index is -4.47. The van der Waals surface area contributed by atoms with Crippen LogP contribution in [-0.2, 0) is 15.7 Å².